The maximum atomic E-state index is 12.2. The van der Waals surface area contributed by atoms with Crippen LogP contribution in [0, 0.1) is 0 Å². The van der Waals surface area contributed by atoms with Gasteiger partial charge in [-0.1, -0.05) is 53.7 Å². The minimum absolute atomic E-state index is 0.250. The molecule has 1 rings (SSSR count). The summed E-state index contributed by atoms with van der Waals surface area (Å²) in [6, 6.07) is 4.23. The van der Waals surface area contributed by atoms with Gasteiger partial charge in [-0.05, 0) is 34.4 Å². The Bertz CT molecular complexity index is 447. The van der Waals surface area contributed by atoms with Gasteiger partial charge in [-0.3, -0.25) is 0 Å². The van der Waals surface area contributed by atoms with Crippen LogP contribution in [0.2, 0.25) is 0 Å². The van der Waals surface area contributed by atoms with Crippen LogP contribution in [0.3, 0.4) is 0 Å². The van der Waals surface area contributed by atoms with Gasteiger partial charge >= 0.3 is 5.97 Å². The molecule has 0 unspecified atom stereocenters. The first-order valence-electron chi connectivity index (χ1n) is 7.64. The maximum Gasteiger partial charge on any atom is 0.338 e. The van der Waals surface area contributed by atoms with Crippen LogP contribution in [0.1, 0.15) is 87.7 Å². The minimum Gasteiger partial charge on any atom is -0.465 e. The molecule has 0 radical (unpaired) electrons. The van der Waals surface area contributed by atoms with Crippen LogP contribution in [-0.2, 0) is 4.74 Å². The standard InChI is InChI=1S/C17H26O2/c1-10(2)13-8-14(11(3)4)16(17(18)19-7)15(9-13)12(5)6/h8-12H,1-7H3/i7D. The number of methoxy groups -OCH3 is 1. The average molecular weight is 263 g/mol. The molecule has 0 aliphatic heterocycles. The van der Waals surface area contributed by atoms with Gasteiger partial charge in [0.1, 0.15) is 0 Å². The van der Waals surface area contributed by atoms with Crippen molar-refractivity contribution in [2.45, 2.75) is 59.3 Å². The molecule has 0 fully saturated rings. The fraction of sp³-hybridized carbons (Fsp3) is 0.588. The van der Waals surface area contributed by atoms with Crippen LogP contribution in [0.4, 0.5) is 0 Å². The van der Waals surface area contributed by atoms with Gasteiger partial charge in [-0.2, -0.15) is 0 Å². The van der Waals surface area contributed by atoms with E-state index >= 15 is 0 Å². The lowest BCUT2D eigenvalue weighted by molar-refractivity contribution is 0.0597. The highest BCUT2D eigenvalue weighted by molar-refractivity contribution is 5.93. The van der Waals surface area contributed by atoms with Crippen molar-refractivity contribution >= 4 is 5.97 Å². The monoisotopic (exact) mass is 263 g/mol. The van der Waals surface area contributed by atoms with Crippen molar-refractivity contribution in [1.82, 2.24) is 0 Å². The number of esters is 1. The summed E-state index contributed by atoms with van der Waals surface area (Å²) in [5.41, 5.74) is 3.96. The molecule has 0 amide bonds. The average Bonchev–Trinajstić information content (AvgIpc) is 2.36. The van der Waals surface area contributed by atoms with Gasteiger partial charge in [0.2, 0.25) is 0 Å². The molecule has 0 aliphatic rings. The molecule has 1 aromatic carbocycles. The number of ether oxygens (including phenoxy) is 1. The van der Waals surface area contributed by atoms with Crippen molar-refractivity contribution in [2.24, 2.45) is 0 Å². The van der Waals surface area contributed by atoms with Gasteiger partial charge in [0.25, 0.3) is 0 Å². The van der Waals surface area contributed by atoms with Gasteiger partial charge in [-0.15, -0.1) is 0 Å². The molecule has 0 N–H and O–H groups in total. The third kappa shape index (κ3) is 3.37. The second-order valence-electron chi connectivity index (χ2n) is 5.97. The van der Waals surface area contributed by atoms with Crippen LogP contribution >= 0.6 is 0 Å². The van der Waals surface area contributed by atoms with Crippen molar-refractivity contribution < 1.29 is 10.9 Å². The highest BCUT2D eigenvalue weighted by Crippen LogP contribution is 2.32. The van der Waals surface area contributed by atoms with Crippen LogP contribution < -0.4 is 0 Å². The molecule has 2 heteroatoms. The summed E-state index contributed by atoms with van der Waals surface area (Å²) in [7, 11) is -0.333. The molecule has 19 heavy (non-hydrogen) atoms. The molecule has 0 heterocycles. The van der Waals surface area contributed by atoms with Crippen LogP contribution in [0.15, 0.2) is 12.1 Å². The zero-order valence-electron chi connectivity index (χ0n) is 13.9. The molecule has 0 bridgehead atoms. The summed E-state index contributed by atoms with van der Waals surface area (Å²) in [6.07, 6.45) is 0. The molecular weight excluding hydrogens is 236 g/mol. The summed E-state index contributed by atoms with van der Waals surface area (Å²) >= 11 is 0. The highest BCUT2D eigenvalue weighted by atomic mass is 16.5. The third-order valence-corrected chi connectivity index (χ3v) is 3.47. The quantitative estimate of drug-likeness (QED) is 0.726. The van der Waals surface area contributed by atoms with Crippen molar-refractivity contribution in [2.75, 3.05) is 7.09 Å². The Labute approximate surface area is 118 Å². The SMILES string of the molecule is [2H]COC(=O)c1c(C(C)C)cc(C(C)C)cc1C(C)C. The van der Waals surface area contributed by atoms with E-state index in [-0.39, 0.29) is 24.9 Å². The Hall–Kier alpha value is -1.31. The predicted octanol–water partition coefficient (Wildman–Crippen LogP) is 4.84. The number of hydrogen-bond acceptors (Lipinski definition) is 2. The summed E-state index contributed by atoms with van der Waals surface area (Å²) in [5, 5.41) is 0. The molecular formula is C17H26O2. The first-order valence-corrected chi connectivity index (χ1v) is 6.93. The van der Waals surface area contributed by atoms with Gasteiger partial charge in [0.15, 0.2) is 0 Å². The number of carbonyl (C=O) groups excluding carboxylic acids is 1. The Kier molecular flexibility index (Phi) is 4.62. The van der Waals surface area contributed by atoms with Crippen LogP contribution in [0.5, 0.6) is 0 Å². The predicted molar refractivity (Wildman–Crippen MR) is 80.0 cm³/mol. The first kappa shape index (κ1) is 14.1. The molecule has 2 nitrogen and oxygen atoms in total. The number of hydrogen-bond donors (Lipinski definition) is 0. The van der Waals surface area contributed by atoms with E-state index < -0.39 is 0 Å². The number of rotatable bonds is 4. The second kappa shape index (κ2) is 6.23. The number of carbonyl (C=O) groups is 1. The van der Waals surface area contributed by atoms with E-state index in [0.717, 1.165) is 11.1 Å². The fourth-order valence-corrected chi connectivity index (χ4v) is 2.26. The molecule has 106 valence electrons. The van der Waals surface area contributed by atoms with E-state index in [1.54, 1.807) is 0 Å². The van der Waals surface area contributed by atoms with Crippen LogP contribution in [0.25, 0.3) is 0 Å². The largest absolute Gasteiger partial charge is 0.465 e. The summed E-state index contributed by atoms with van der Waals surface area (Å²) in [6.45, 7) is 12.7. The van der Waals surface area contributed by atoms with Gasteiger partial charge < -0.3 is 4.74 Å². The lowest BCUT2D eigenvalue weighted by Crippen LogP contribution is -2.13. The lowest BCUT2D eigenvalue weighted by Gasteiger charge is -2.21. The van der Waals surface area contributed by atoms with Gasteiger partial charge in [-0.25, -0.2) is 4.79 Å². The Morgan fingerprint density at radius 3 is 1.79 bits per heavy atom. The molecule has 0 atom stereocenters. The van der Waals surface area contributed by atoms with Gasteiger partial charge in [0.05, 0.1) is 14.0 Å². The zero-order chi connectivity index (χ0) is 15.4. The molecule has 0 saturated carbocycles. The van der Waals surface area contributed by atoms with Crippen molar-refractivity contribution in [3.63, 3.8) is 0 Å². The van der Waals surface area contributed by atoms with E-state index in [0.29, 0.717) is 11.5 Å². The molecule has 0 spiro atoms. The summed E-state index contributed by atoms with van der Waals surface area (Å²) in [5.74, 6) is 0.549. The smallest absolute Gasteiger partial charge is 0.338 e. The van der Waals surface area contributed by atoms with Crippen molar-refractivity contribution in [3.8, 4) is 0 Å². The Balaban J connectivity index is 3.55. The van der Waals surface area contributed by atoms with E-state index in [1.165, 1.54) is 5.56 Å². The summed E-state index contributed by atoms with van der Waals surface area (Å²) < 4.78 is 12.0. The molecule has 0 aliphatic carbocycles. The first-order chi connectivity index (χ1) is 9.29. The zero-order valence-corrected chi connectivity index (χ0v) is 12.9. The third-order valence-electron chi connectivity index (χ3n) is 3.47. The van der Waals surface area contributed by atoms with Crippen LogP contribution in [-0.4, -0.2) is 13.1 Å². The Morgan fingerprint density at radius 1 is 1.00 bits per heavy atom. The lowest BCUT2D eigenvalue weighted by atomic mass is 9.84. The minimum atomic E-state index is -0.372. The molecule has 0 aromatic heterocycles. The fourth-order valence-electron chi connectivity index (χ4n) is 2.26. The van der Waals surface area contributed by atoms with E-state index in [2.05, 4.69) is 53.7 Å². The molecule has 1 aromatic rings. The van der Waals surface area contributed by atoms with E-state index in [1.807, 2.05) is 0 Å². The Morgan fingerprint density at radius 2 is 1.47 bits per heavy atom. The molecule has 0 saturated heterocycles. The van der Waals surface area contributed by atoms with Crippen molar-refractivity contribution in [1.29, 1.82) is 0 Å². The second-order valence-corrected chi connectivity index (χ2v) is 5.97. The summed E-state index contributed by atoms with van der Waals surface area (Å²) in [4.78, 5) is 12.2. The highest BCUT2D eigenvalue weighted by Gasteiger charge is 2.22. The van der Waals surface area contributed by atoms with E-state index in [4.69, 9.17) is 6.11 Å². The maximum absolute atomic E-state index is 12.2. The van der Waals surface area contributed by atoms with E-state index in [9.17, 15) is 4.79 Å². The number of benzene rings is 1. The topological polar surface area (TPSA) is 26.3 Å². The van der Waals surface area contributed by atoms with Crippen molar-refractivity contribution in [3.05, 3.63) is 34.4 Å². The van der Waals surface area contributed by atoms with Gasteiger partial charge in [0, 0.05) is 0 Å². The normalized spacial score (nSPS) is 12.2.